The summed E-state index contributed by atoms with van der Waals surface area (Å²) in [5, 5.41) is 9.37. The van der Waals surface area contributed by atoms with Crippen molar-refractivity contribution in [3.05, 3.63) is 88.6 Å². The van der Waals surface area contributed by atoms with E-state index in [-0.39, 0.29) is 17.3 Å². The van der Waals surface area contributed by atoms with Gasteiger partial charge in [0, 0.05) is 42.1 Å². The summed E-state index contributed by atoms with van der Waals surface area (Å²) in [4.78, 5) is 6.10. The van der Waals surface area contributed by atoms with Gasteiger partial charge in [-0.2, -0.15) is 5.26 Å². The Morgan fingerprint density at radius 1 is 1.21 bits per heavy atom. The van der Waals surface area contributed by atoms with E-state index in [4.69, 9.17) is 0 Å². The van der Waals surface area contributed by atoms with Gasteiger partial charge in [0.1, 0.15) is 17.6 Å². The van der Waals surface area contributed by atoms with Gasteiger partial charge in [-0.05, 0) is 31.4 Å². The summed E-state index contributed by atoms with van der Waals surface area (Å²) in [5.41, 5.74) is 1.79. The van der Waals surface area contributed by atoms with Gasteiger partial charge in [-0.15, -0.1) is 0 Å². The van der Waals surface area contributed by atoms with Crippen LogP contribution in [0.2, 0.25) is 0 Å². The molecule has 3 rings (SSSR count). The van der Waals surface area contributed by atoms with E-state index in [1.54, 1.807) is 36.4 Å². The van der Waals surface area contributed by atoms with Crippen LogP contribution in [0.15, 0.2) is 70.5 Å². The summed E-state index contributed by atoms with van der Waals surface area (Å²) in [5.74, 6) is -2.40. The lowest BCUT2D eigenvalue weighted by Crippen LogP contribution is -2.28. The highest BCUT2D eigenvalue weighted by atomic mass is 19.2. The Labute approximate surface area is 194 Å². The molecule has 0 N–H and O–H groups in total. The Bertz CT molecular complexity index is 1080. The van der Waals surface area contributed by atoms with Crippen LogP contribution < -0.4 is 0 Å². The van der Waals surface area contributed by atoms with Gasteiger partial charge in [-0.3, -0.25) is 4.99 Å². The van der Waals surface area contributed by atoms with E-state index in [0.29, 0.717) is 29.3 Å². The Morgan fingerprint density at radius 2 is 1.88 bits per heavy atom. The molecular weight excluding hydrogens is 423 g/mol. The monoisotopic (exact) mass is 453 g/mol. The van der Waals surface area contributed by atoms with Crippen LogP contribution in [0.4, 0.5) is 13.2 Å². The van der Waals surface area contributed by atoms with E-state index < -0.39 is 17.5 Å². The molecule has 2 heterocycles. The zero-order valence-corrected chi connectivity index (χ0v) is 19.7. The Hall–Kier alpha value is -3.33. The fraction of sp³-hybridized carbons (Fsp3) is 0.333. The Balaban J connectivity index is 0.000000696. The standard InChI is InChI=1S/C22H18F3N3.C5H12/c1-3-16(12-26)28-13-15(8-7-14(28)2)17-6-4-5-9-27-22(17)18-10-20(24)21(25)11-19(18)23;1-4-5(2)3/h3-4,6-11,13-14H,5H2,1-2H3;5H,4H2,1-3H3/b16-3-;. The van der Waals surface area contributed by atoms with Crippen LogP contribution in [0.25, 0.3) is 5.70 Å². The fourth-order valence-electron chi connectivity index (χ4n) is 3.06. The predicted molar refractivity (Wildman–Crippen MR) is 129 cm³/mol. The maximum Gasteiger partial charge on any atom is 0.161 e. The van der Waals surface area contributed by atoms with E-state index in [2.05, 4.69) is 31.8 Å². The van der Waals surface area contributed by atoms with Crippen molar-refractivity contribution in [2.45, 2.75) is 53.5 Å². The maximum atomic E-state index is 14.4. The molecule has 0 fully saturated rings. The van der Waals surface area contributed by atoms with Crippen molar-refractivity contribution in [1.82, 2.24) is 4.90 Å². The summed E-state index contributed by atoms with van der Waals surface area (Å²) >= 11 is 0. The molecular formula is C27H30F3N3. The average Bonchev–Trinajstić information content (AvgIpc) is 3.04. The van der Waals surface area contributed by atoms with Crippen LogP contribution >= 0.6 is 0 Å². The zero-order valence-electron chi connectivity index (χ0n) is 19.7. The second-order valence-electron chi connectivity index (χ2n) is 8.14. The second-order valence-corrected chi connectivity index (χ2v) is 8.14. The third-order valence-corrected chi connectivity index (χ3v) is 5.33. The van der Waals surface area contributed by atoms with Crippen molar-refractivity contribution in [2.24, 2.45) is 10.9 Å². The smallest absolute Gasteiger partial charge is 0.161 e. The minimum atomic E-state index is -1.25. The number of rotatable bonds is 4. The second kappa shape index (κ2) is 12.1. The highest BCUT2D eigenvalue weighted by Crippen LogP contribution is 2.33. The predicted octanol–water partition coefficient (Wildman–Crippen LogP) is 7.47. The van der Waals surface area contributed by atoms with Gasteiger partial charge in [0.05, 0.1) is 5.70 Å². The number of halogens is 3. The van der Waals surface area contributed by atoms with Crippen molar-refractivity contribution >= 4 is 11.9 Å². The van der Waals surface area contributed by atoms with Crippen molar-refractivity contribution in [2.75, 3.05) is 0 Å². The molecule has 33 heavy (non-hydrogen) atoms. The zero-order chi connectivity index (χ0) is 24.5. The fourth-order valence-corrected chi connectivity index (χ4v) is 3.06. The Morgan fingerprint density at radius 3 is 2.48 bits per heavy atom. The summed E-state index contributed by atoms with van der Waals surface area (Å²) in [6.07, 6.45) is 14.3. The molecule has 0 aromatic heterocycles. The van der Waals surface area contributed by atoms with Gasteiger partial charge in [-0.1, -0.05) is 57.6 Å². The Kier molecular flexibility index (Phi) is 9.47. The van der Waals surface area contributed by atoms with Crippen molar-refractivity contribution in [3.63, 3.8) is 0 Å². The molecule has 0 spiro atoms. The first kappa shape index (κ1) is 25.9. The lowest BCUT2D eigenvalue weighted by molar-refractivity contribution is 0.422. The number of nitriles is 1. The molecule has 2 aliphatic heterocycles. The third kappa shape index (κ3) is 6.58. The van der Waals surface area contributed by atoms with Crippen LogP contribution in [0.5, 0.6) is 0 Å². The molecule has 2 aliphatic rings. The number of benzene rings is 1. The minimum Gasteiger partial charge on any atom is -0.332 e. The summed E-state index contributed by atoms with van der Waals surface area (Å²) in [6, 6.07) is 3.44. The number of nitrogens with zero attached hydrogens (tertiary/aromatic N) is 3. The third-order valence-electron chi connectivity index (χ3n) is 5.33. The first-order valence-corrected chi connectivity index (χ1v) is 11.1. The van der Waals surface area contributed by atoms with Crippen LogP contribution in [-0.2, 0) is 0 Å². The van der Waals surface area contributed by atoms with Crippen molar-refractivity contribution in [1.29, 1.82) is 5.26 Å². The van der Waals surface area contributed by atoms with Gasteiger partial charge in [-0.25, -0.2) is 13.2 Å². The minimum absolute atomic E-state index is 0.0445. The van der Waals surface area contributed by atoms with E-state index in [1.165, 1.54) is 6.42 Å². The van der Waals surface area contributed by atoms with Crippen LogP contribution in [-0.4, -0.2) is 17.2 Å². The molecule has 0 amide bonds. The first-order valence-electron chi connectivity index (χ1n) is 11.1. The van der Waals surface area contributed by atoms with Crippen molar-refractivity contribution < 1.29 is 13.2 Å². The van der Waals surface area contributed by atoms with E-state index >= 15 is 0 Å². The lowest BCUT2D eigenvalue weighted by atomic mass is 9.96. The molecule has 1 aromatic rings. The molecule has 0 saturated heterocycles. The quantitative estimate of drug-likeness (QED) is 0.350. The van der Waals surface area contributed by atoms with E-state index in [0.717, 1.165) is 12.0 Å². The summed E-state index contributed by atoms with van der Waals surface area (Å²) in [7, 11) is 0. The van der Waals surface area contributed by atoms with E-state index in [9.17, 15) is 18.4 Å². The van der Waals surface area contributed by atoms with Crippen LogP contribution in [0.1, 0.15) is 53.0 Å². The largest absolute Gasteiger partial charge is 0.332 e. The van der Waals surface area contributed by atoms with Crippen LogP contribution in [0.3, 0.4) is 0 Å². The van der Waals surface area contributed by atoms with Gasteiger partial charge >= 0.3 is 0 Å². The topological polar surface area (TPSA) is 39.4 Å². The van der Waals surface area contributed by atoms with Gasteiger partial charge in [0.15, 0.2) is 11.6 Å². The van der Waals surface area contributed by atoms with Gasteiger partial charge < -0.3 is 4.90 Å². The van der Waals surface area contributed by atoms with Crippen LogP contribution in [0, 0.1) is 34.7 Å². The number of hydrogen-bond donors (Lipinski definition) is 0. The molecule has 1 atom stereocenters. The SMILES string of the molecule is C/C=C(/C#N)N1C=C(C2=C(c3cc(F)c(F)cc3F)N=CCC=C2)C=CC1C.CCC(C)C. The molecule has 0 bridgehead atoms. The first-order chi connectivity index (χ1) is 15.7. The molecule has 3 nitrogen and oxygen atoms in total. The molecule has 0 aliphatic carbocycles. The molecule has 0 radical (unpaired) electrons. The number of aliphatic imine (C=N–C) groups is 1. The molecule has 1 aromatic carbocycles. The average molecular weight is 454 g/mol. The molecule has 6 heteroatoms. The van der Waals surface area contributed by atoms with E-state index in [1.807, 2.05) is 25.2 Å². The molecule has 174 valence electrons. The molecule has 1 unspecified atom stereocenters. The van der Waals surface area contributed by atoms with Crippen molar-refractivity contribution in [3.8, 4) is 6.07 Å². The lowest BCUT2D eigenvalue weighted by Gasteiger charge is -2.29. The highest BCUT2D eigenvalue weighted by Gasteiger charge is 2.22. The van der Waals surface area contributed by atoms with Gasteiger partial charge in [0.25, 0.3) is 0 Å². The number of hydrogen-bond acceptors (Lipinski definition) is 3. The highest BCUT2D eigenvalue weighted by molar-refractivity contribution is 5.83. The maximum absolute atomic E-state index is 14.4. The normalized spacial score (nSPS) is 18.1. The summed E-state index contributed by atoms with van der Waals surface area (Å²) < 4.78 is 41.6. The van der Waals surface area contributed by atoms with Gasteiger partial charge in [0.2, 0.25) is 0 Å². The number of allylic oxidation sites excluding steroid dienone is 7. The molecule has 0 saturated carbocycles. The summed E-state index contributed by atoms with van der Waals surface area (Å²) in [6.45, 7) is 10.4.